The van der Waals surface area contributed by atoms with Crippen molar-refractivity contribution in [3.05, 3.63) is 23.2 Å². The highest BCUT2D eigenvalue weighted by molar-refractivity contribution is 7.98. The summed E-state index contributed by atoms with van der Waals surface area (Å²) in [4.78, 5) is 0.643. The first-order valence-electron chi connectivity index (χ1n) is 3.42. The van der Waals surface area contributed by atoms with Crippen molar-refractivity contribution in [2.24, 2.45) is 0 Å². The Labute approximate surface area is 84.0 Å². The van der Waals surface area contributed by atoms with E-state index in [2.05, 4.69) is 4.74 Å². The smallest absolute Gasteiger partial charge is 0.387 e. The van der Waals surface area contributed by atoms with Gasteiger partial charge in [-0.05, 0) is 18.4 Å². The van der Waals surface area contributed by atoms with Crippen LogP contribution < -0.4 is 4.74 Å². The molecule has 0 aliphatic carbocycles. The van der Waals surface area contributed by atoms with Crippen LogP contribution in [0.1, 0.15) is 0 Å². The normalized spacial score (nSPS) is 10.5. The minimum atomic E-state index is -2.82. The van der Waals surface area contributed by atoms with E-state index >= 15 is 0 Å². The lowest BCUT2D eigenvalue weighted by Gasteiger charge is -2.08. The van der Waals surface area contributed by atoms with Gasteiger partial charge in [0.2, 0.25) is 0 Å². The topological polar surface area (TPSA) is 9.23 Å². The second-order valence-electron chi connectivity index (χ2n) is 2.17. The molecule has 0 saturated heterocycles. The molecule has 0 aromatic heterocycles. The molecule has 0 N–H and O–H groups in total. The Morgan fingerprint density at radius 2 is 2.15 bits per heavy atom. The molecule has 13 heavy (non-hydrogen) atoms. The van der Waals surface area contributed by atoms with Crippen LogP contribution in [0.2, 0.25) is 5.02 Å². The molecule has 1 nitrogen and oxygen atoms in total. The summed E-state index contributed by atoms with van der Waals surface area (Å²) in [5.74, 6) is 0.120. The van der Waals surface area contributed by atoms with Gasteiger partial charge < -0.3 is 4.74 Å². The van der Waals surface area contributed by atoms with E-state index in [0.717, 1.165) is 0 Å². The lowest BCUT2D eigenvalue weighted by atomic mass is 10.3. The fraction of sp³-hybridized carbons (Fsp3) is 0.250. The van der Waals surface area contributed by atoms with Crippen molar-refractivity contribution in [3.63, 3.8) is 0 Å². The molecule has 0 radical (unpaired) electrons. The van der Waals surface area contributed by atoms with E-state index in [1.165, 1.54) is 17.8 Å². The van der Waals surface area contributed by atoms with Gasteiger partial charge in [0, 0.05) is 16.0 Å². The Morgan fingerprint density at radius 3 is 2.69 bits per heavy atom. The first-order valence-corrected chi connectivity index (χ1v) is 5.02. The lowest BCUT2D eigenvalue weighted by molar-refractivity contribution is -0.0516. The van der Waals surface area contributed by atoms with E-state index in [0.29, 0.717) is 9.92 Å². The van der Waals surface area contributed by atoms with Crippen LogP contribution in [0.3, 0.4) is 0 Å². The Morgan fingerprint density at radius 1 is 1.46 bits per heavy atom. The Hall–Kier alpha value is -0.480. The second-order valence-corrected chi connectivity index (χ2v) is 3.46. The number of thioether (sulfide) groups is 1. The van der Waals surface area contributed by atoms with E-state index in [1.54, 1.807) is 18.4 Å². The predicted molar refractivity (Wildman–Crippen MR) is 49.9 cm³/mol. The van der Waals surface area contributed by atoms with Crippen LogP contribution in [0.25, 0.3) is 0 Å². The van der Waals surface area contributed by atoms with Crippen LogP contribution in [-0.4, -0.2) is 12.9 Å². The van der Waals surface area contributed by atoms with Gasteiger partial charge in [0.05, 0.1) is 0 Å². The van der Waals surface area contributed by atoms with Gasteiger partial charge in [-0.1, -0.05) is 11.6 Å². The largest absolute Gasteiger partial charge is 0.434 e. The van der Waals surface area contributed by atoms with Crippen molar-refractivity contribution in [1.29, 1.82) is 0 Å². The average molecular weight is 225 g/mol. The summed E-state index contributed by atoms with van der Waals surface area (Å²) in [7, 11) is 0. The molecule has 0 aliphatic rings. The maximum Gasteiger partial charge on any atom is 0.387 e. The van der Waals surface area contributed by atoms with Crippen molar-refractivity contribution in [1.82, 2.24) is 0 Å². The van der Waals surface area contributed by atoms with Gasteiger partial charge in [-0.3, -0.25) is 0 Å². The van der Waals surface area contributed by atoms with E-state index in [1.807, 2.05) is 0 Å². The molecule has 72 valence electrons. The molecule has 0 amide bonds. The fourth-order valence-corrected chi connectivity index (χ4v) is 1.51. The molecule has 0 unspecified atom stereocenters. The highest BCUT2D eigenvalue weighted by atomic mass is 35.5. The molecule has 0 heterocycles. The zero-order valence-electron chi connectivity index (χ0n) is 6.76. The van der Waals surface area contributed by atoms with Crippen molar-refractivity contribution in [2.75, 3.05) is 6.26 Å². The van der Waals surface area contributed by atoms with E-state index in [4.69, 9.17) is 11.6 Å². The molecule has 1 aromatic carbocycles. The summed E-state index contributed by atoms with van der Waals surface area (Å²) < 4.78 is 28.1. The average Bonchev–Trinajstić information content (AvgIpc) is 2.03. The Balaban J connectivity index is 2.94. The first-order chi connectivity index (χ1) is 6.13. The molecule has 5 heteroatoms. The van der Waals surface area contributed by atoms with E-state index < -0.39 is 6.61 Å². The van der Waals surface area contributed by atoms with Crippen LogP contribution in [0.15, 0.2) is 23.1 Å². The SMILES string of the molecule is CSc1ccc(Cl)cc1OC(F)F. The Kier molecular flexibility index (Phi) is 3.81. The lowest BCUT2D eigenvalue weighted by Crippen LogP contribution is -2.02. The molecular formula is C8H7ClF2OS. The minimum Gasteiger partial charge on any atom is -0.434 e. The number of halogens is 3. The summed E-state index contributed by atoms with van der Waals surface area (Å²) >= 11 is 6.95. The number of hydrogen-bond donors (Lipinski definition) is 0. The quantitative estimate of drug-likeness (QED) is 0.725. The van der Waals surface area contributed by atoms with Gasteiger partial charge >= 0.3 is 6.61 Å². The van der Waals surface area contributed by atoms with Gasteiger partial charge in [-0.25, -0.2) is 0 Å². The molecule has 1 rings (SSSR count). The van der Waals surface area contributed by atoms with Crippen LogP contribution in [0.4, 0.5) is 8.78 Å². The maximum absolute atomic E-state index is 11.9. The van der Waals surface area contributed by atoms with Gasteiger partial charge in [-0.15, -0.1) is 11.8 Å². The molecule has 0 spiro atoms. The number of alkyl halides is 2. The molecule has 0 aliphatic heterocycles. The molecular weight excluding hydrogens is 218 g/mol. The van der Waals surface area contributed by atoms with Gasteiger partial charge in [-0.2, -0.15) is 8.78 Å². The van der Waals surface area contributed by atoms with Gasteiger partial charge in [0.25, 0.3) is 0 Å². The molecule has 0 atom stereocenters. The van der Waals surface area contributed by atoms with Crippen molar-refractivity contribution in [2.45, 2.75) is 11.5 Å². The van der Waals surface area contributed by atoms with Crippen molar-refractivity contribution in [3.8, 4) is 5.75 Å². The number of rotatable bonds is 3. The van der Waals surface area contributed by atoms with Crippen molar-refractivity contribution >= 4 is 23.4 Å². The third-order valence-electron chi connectivity index (χ3n) is 1.34. The summed E-state index contributed by atoms with van der Waals surface area (Å²) in [6.07, 6.45) is 1.78. The highest BCUT2D eigenvalue weighted by Crippen LogP contribution is 2.31. The van der Waals surface area contributed by atoms with E-state index in [9.17, 15) is 8.78 Å². The maximum atomic E-state index is 11.9. The first kappa shape index (κ1) is 10.6. The van der Waals surface area contributed by atoms with Crippen LogP contribution in [-0.2, 0) is 0 Å². The molecule has 1 aromatic rings. The van der Waals surface area contributed by atoms with E-state index in [-0.39, 0.29) is 5.75 Å². The minimum absolute atomic E-state index is 0.120. The molecule has 0 bridgehead atoms. The third-order valence-corrected chi connectivity index (χ3v) is 2.35. The monoisotopic (exact) mass is 224 g/mol. The van der Waals surface area contributed by atoms with Crippen molar-refractivity contribution < 1.29 is 13.5 Å². The fourth-order valence-electron chi connectivity index (χ4n) is 0.839. The zero-order valence-corrected chi connectivity index (χ0v) is 8.33. The number of ether oxygens (including phenoxy) is 1. The van der Waals surface area contributed by atoms with Crippen LogP contribution in [0.5, 0.6) is 5.75 Å². The standard InChI is InChI=1S/C8H7ClF2OS/c1-13-7-3-2-5(9)4-6(7)12-8(10)11/h2-4,8H,1H3. The molecule has 0 fully saturated rings. The zero-order chi connectivity index (χ0) is 9.84. The highest BCUT2D eigenvalue weighted by Gasteiger charge is 2.09. The van der Waals surface area contributed by atoms with Crippen LogP contribution in [0, 0.1) is 0 Å². The van der Waals surface area contributed by atoms with Crippen LogP contribution >= 0.6 is 23.4 Å². The molecule has 0 saturated carbocycles. The number of benzene rings is 1. The number of hydrogen-bond acceptors (Lipinski definition) is 2. The Bertz CT molecular complexity index is 293. The summed E-state index contributed by atoms with van der Waals surface area (Å²) in [5.41, 5.74) is 0. The second kappa shape index (κ2) is 4.67. The summed E-state index contributed by atoms with van der Waals surface area (Å²) in [6, 6.07) is 4.65. The van der Waals surface area contributed by atoms with Gasteiger partial charge in [0.1, 0.15) is 5.75 Å². The van der Waals surface area contributed by atoms with Gasteiger partial charge in [0.15, 0.2) is 0 Å². The third kappa shape index (κ3) is 3.04. The summed E-state index contributed by atoms with van der Waals surface area (Å²) in [6.45, 7) is -2.82. The summed E-state index contributed by atoms with van der Waals surface area (Å²) in [5, 5.41) is 0.383. The predicted octanol–water partition coefficient (Wildman–Crippen LogP) is 3.66.